The molecular formula is C16H22N2O2S. The Kier molecular flexibility index (Phi) is 4.13. The van der Waals surface area contributed by atoms with Gasteiger partial charge in [-0.1, -0.05) is 23.8 Å². The number of rotatable bonds is 2. The fourth-order valence-electron chi connectivity index (χ4n) is 3.38. The van der Waals surface area contributed by atoms with Gasteiger partial charge in [0.1, 0.15) is 6.17 Å². The Labute approximate surface area is 128 Å². The molecule has 1 atom stereocenters. The maximum absolute atomic E-state index is 12.3. The molecule has 0 aromatic heterocycles. The van der Waals surface area contributed by atoms with Crippen LogP contribution in [0.2, 0.25) is 0 Å². The van der Waals surface area contributed by atoms with Crippen molar-refractivity contribution < 1.29 is 9.00 Å². The van der Waals surface area contributed by atoms with Crippen molar-refractivity contribution in [1.82, 2.24) is 10.2 Å². The third-order valence-corrected chi connectivity index (χ3v) is 5.87. The zero-order valence-corrected chi connectivity index (χ0v) is 13.4. The summed E-state index contributed by atoms with van der Waals surface area (Å²) in [7, 11) is -0.694. The molecule has 1 aromatic rings. The van der Waals surface area contributed by atoms with E-state index in [4.69, 9.17) is 0 Å². The highest BCUT2D eigenvalue weighted by Gasteiger charge is 2.38. The number of carbonyl (C=O) groups excluding carboxylic acids is 1. The summed E-state index contributed by atoms with van der Waals surface area (Å²) in [5.74, 6) is 1.60. The molecule has 0 saturated carbocycles. The van der Waals surface area contributed by atoms with Crippen LogP contribution >= 0.6 is 0 Å². The molecule has 0 spiro atoms. The van der Waals surface area contributed by atoms with Gasteiger partial charge >= 0.3 is 0 Å². The minimum Gasteiger partial charge on any atom is -0.319 e. The molecule has 2 heterocycles. The molecule has 2 fully saturated rings. The lowest BCUT2D eigenvalue weighted by atomic mass is 10.0. The van der Waals surface area contributed by atoms with Crippen LogP contribution < -0.4 is 5.32 Å². The average Bonchev–Trinajstić information content (AvgIpc) is 2.82. The van der Waals surface area contributed by atoms with E-state index in [1.165, 1.54) is 16.7 Å². The molecule has 2 aliphatic rings. The van der Waals surface area contributed by atoms with E-state index in [1.54, 1.807) is 0 Å². The highest BCUT2D eigenvalue weighted by atomic mass is 32.2. The third kappa shape index (κ3) is 2.90. The number of amides is 1. The van der Waals surface area contributed by atoms with Crippen LogP contribution in [0.3, 0.4) is 0 Å². The molecule has 0 bridgehead atoms. The van der Waals surface area contributed by atoms with Gasteiger partial charge in [-0.05, 0) is 37.8 Å². The molecule has 1 N–H and O–H groups in total. The van der Waals surface area contributed by atoms with Gasteiger partial charge in [0.15, 0.2) is 0 Å². The lowest BCUT2D eigenvalue weighted by Crippen LogP contribution is -2.43. The maximum Gasteiger partial charge on any atom is 0.238 e. The predicted octanol–water partition coefficient (Wildman–Crippen LogP) is 1.64. The number of nitrogens with one attached hydrogen (secondary N) is 1. The van der Waals surface area contributed by atoms with Gasteiger partial charge in [-0.25, -0.2) is 0 Å². The summed E-state index contributed by atoms with van der Waals surface area (Å²) in [4.78, 5) is 14.3. The average molecular weight is 306 g/mol. The lowest BCUT2D eigenvalue weighted by molar-refractivity contribution is -0.130. The molecule has 3 rings (SSSR count). The summed E-state index contributed by atoms with van der Waals surface area (Å²) in [5.41, 5.74) is 3.63. The second kappa shape index (κ2) is 5.89. The van der Waals surface area contributed by atoms with E-state index < -0.39 is 10.8 Å². The molecule has 4 nitrogen and oxygen atoms in total. The zero-order valence-electron chi connectivity index (χ0n) is 12.6. The second-order valence-corrected chi connectivity index (χ2v) is 7.72. The summed E-state index contributed by atoms with van der Waals surface area (Å²) < 4.78 is 11.5. The van der Waals surface area contributed by atoms with Gasteiger partial charge in [-0.2, -0.15) is 0 Å². The van der Waals surface area contributed by atoms with E-state index in [1.807, 2.05) is 4.90 Å². The van der Waals surface area contributed by atoms with E-state index in [-0.39, 0.29) is 18.1 Å². The Morgan fingerprint density at radius 3 is 2.62 bits per heavy atom. The molecule has 2 saturated heterocycles. The fraction of sp³-hybridized carbons (Fsp3) is 0.562. The molecule has 1 unspecified atom stereocenters. The number of nitrogens with zero attached hydrogens (tertiary/aromatic N) is 1. The first-order chi connectivity index (χ1) is 10.1. The minimum absolute atomic E-state index is 0.0327. The van der Waals surface area contributed by atoms with Gasteiger partial charge in [0.2, 0.25) is 5.91 Å². The lowest BCUT2D eigenvalue weighted by Gasteiger charge is -2.35. The Bertz CT molecular complexity index is 578. The normalized spacial score (nSPS) is 29.9. The summed E-state index contributed by atoms with van der Waals surface area (Å²) in [6.07, 6.45) is 1.66. The van der Waals surface area contributed by atoms with Crippen LogP contribution in [-0.2, 0) is 15.6 Å². The highest BCUT2D eigenvalue weighted by Crippen LogP contribution is 2.31. The topological polar surface area (TPSA) is 49.4 Å². The van der Waals surface area contributed by atoms with Crippen molar-refractivity contribution in [3.63, 3.8) is 0 Å². The Morgan fingerprint density at radius 1 is 1.24 bits per heavy atom. The van der Waals surface area contributed by atoms with Crippen LogP contribution in [-0.4, -0.2) is 39.1 Å². The summed E-state index contributed by atoms with van der Waals surface area (Å²) in [5, 5.41) is 3.34. The maximum atomic E-state index is 12.3. The van der Waals surface area contributed by atoms with Gasteiger partial charge in [0, 0.05) is 28.3 Å². The van der Waals surface area contributed by atoms with Gasteiger partial charge in [0.25, 0.3) is 0 Å². The SMILES string of the molecule is Cc1ccc(C2NCC(=O)N2C2CCS(=O)CC2)c(C)c1. The van der Waals surface area contributed by atoms with Gasteiger partial charge in [-0.15, -0.1) is 0 Å². The largest absolute Gasteiger partial charge is 0.319 e. The van der Waals surface area contributed by atoms with Crippen molar-refractivity contribution in [3.05, 3.63) is 34.9 Å². The molecule has 2 aliphatic heterocycles. The monoisotopic (exact) mass is 306 g/mol. The van der Waals surface area contributed by atoms with Crippen LogP contribution in [0.15, 0.2) is 18.2 Å². The van der Waals surface area contributed by atoms with Crippen molar-refractivity contribution in [2.45, 2.75) is 38.9 Å². The van der Waals surface area contributed by atoms with Crippen LogP contribution in [0.1, 0.15) is 35.7 Å². The molecular weight excluding hydrogens is 284 g/mol. The molecule has 5 heteroatoms. The van der Waals surface area contributed by atoms with Gasteiger partial charge in [-0.3, -0.25) is 14.3 Å². The van der Waals surface area contributed by atoms with Gasteiger partial charge in [0.05, 0.1) is 6.54 Å². The summed E-state index contributed by atoms with van der Waals surface area (Å²) in [6.45, 7) is 4.58. The Balaban J connectivity index is 1.87. The number of aryl methyl sites for hydroxylation is 2. The van der Waals surface area contributed by atoms with Crippen LogP contribution in [0.25, 0.3) is 0 Å². The quantitative estimate of drug-likeness (QED) is 0.904. The molecule has 0 radical (unpaired) electrons. The molecule has 1 aromatic carbocycles. The molecule has 21 heavy (non-hydrogen) atoms. The van der Waals surface area contributed by atoms with Crippen molar-refractivity contribution in [2.75, 3.05) is 18.1 Å². The first-order valence-electron chi connectivity index (χ1n) is 7.53. The zero-order chi connectivity index (χ0) is 15.0. The minimum atomic E-state index is -0.694. The van der Waals surface area contributed by atoms with Crippen molar-refractivity contribution in [3.8, 4) is 0 Å². The van der Waals surface area contributed by atoms with E-state index in [0.29, 0.717) is 18.1 Å². The third-order valence-electron chi connectivity index (χ3n) is 4.48. The number of hydrogen-bond acceptors (Lipinski definition) is 3. The number of carbonyl (C=O) groups is 1. The van der Waals surface area contributed by atoms with Crippen LogP contribution in [0.4, 0.5) is 0 Å². The van der Waals surface area contributed by atoms with E-state index >= 15 is 0 Å². The van der Waals surface area contributed by atoms with Crippen LogP contribution in [0.5, 0.6) is 0 Å². The smallest absolute Gasteiger partial charge is 0.238 e. The summed E-state index contributed by atoms with van der Waals surface area (Å²) in [6, 6.07) is 6.60. The Hall–Kier alpha value is -1.20. The molecule has 0 aliphatic carbocycles. The fourth-order valence-corrected chi connectivity index (χ4v) is 4.66. The highest BCUT2D eigenvalue weighted by molar-refractivity contribution is 7.85. The van der Waals surface area contributed by atoms with Crippen molar-refractivity contribution in [1.29, 1.82) is 0 Å². The predicted molar refractivity (Wildman–Crippen MR) is 84.4 cm³/mol. The number of benzene rings is 1. The molecule has 114 valence electrons. The Morgan fingerprint density at radius 2 is 1.95 bits per heavy atom. The standard InChI is InChI=1S/C16H22N2O2S/c1-11-3-4-14(12(2)9-11)16-17-10-15(19)18(16)13-5-7-21(20)8-6-13/h3-4,9,13,16-17H,5-8,10H2,1-2H3. The first kappa shape index (κ1) is 14.7. The molecule has 1 amide bonds. The number of hydrogen-bond donors (Lipinski definition) is 1. The second-order valence-electron chi connectivity index (χ2n) is 6.02. The van der Waals surface area contributed by atoms with E-state index in [2.05, 4.69) is 37.4 Å². The van der Waals surface area contributed by atoms with E-state index in [9.17, 15) is 9.00 Å². The van der Waals surface area contributed by atoms with E-state index in [0.717, 1.165) is 12.8 Å². The first-order valence-corrected chi connectivity index (χ1v) is 9.02. The summed E-state index contributed by atoms with van der Waals surface area (Å²) >= 11 is 0. The van der Waals surface area contributed by atoms with Crippen molar-refractivity contribution in [2.24, 2.45) is 0 Å². The van der Waals surface area contributed by atoms with Crippen molar-refractivity contribution >= 4 is 16.7 Å². The van der Waals surface area contributed by atoms with Gasteiger partial charge < -0.3 is 4.90 Å². The van der Waals surface area contributed by atoms with Crippen LogP contribution in [0, 0.1) is 13.8 Å².